The minimum Gasteiger partial charge on any atom is -0.445 e. The molecule has 1 aromatic heterocycles. The molecule has 12 nitrogen and oxygen atoms in total. The van der Waals surface area contributed by atoms with Crippen LogP contribution in [-0.4, -0.2) is 94.9 Å². The van der Waals surface area contributed by atoms with E-state index in [0.29, 0.717) is 43.7 Å². The van der Waals surface area contributed by atoms with E-state index >= 15 is 0 Å². The van der Waals surface area contributed by atoms with Gasteiger partial charge in [0.05, 0.1) is 23.2 Å². The second-order valence-electron chi connectivity index (χ2n) is 13.5. The Balaban J connectivity index is 0.833. The summed E-state index contributed by atoms with van der Waals surface area (Å²) in [5.41, 5.74) is 3.29. The molecule has 1 atom stereocenters. The van der Waals surface area contributed by atoms with E-state index in [9.17, 15) is 19.2 Å². The Bertz CT molecular complexity index is 1660. The molecule has 12 heteroatoms. The van der Waals surface area contributed by atoms with Gasteiger partial charge in [0.15, 0.2) is 0 Å². The van der Waals surface area contributed by atoms with Crippen LogP contribution in [0.25, 0.3) is 11.0 Å². The number of aromatic nitrogens is 2. The number of piperazine rings is 1. The fourth-order valence-electron chi connectivity index (χ4n) is 7.52. The number of hydrogen-bond donors (Lipinski definition) is 1. The minimum absolute atomic E-state index is 0.225. The third kappa shape index (κ3) is 6.80. The Morgan fingerprint density at radius 3 is 2.34 bits per heavy atom. The summed E-state index contributed by atoms with van der Waals surface area (Å²) in [5.74, 6) is -0.0729. The topological polar surface area (TPSA) is 118 Å². The van der Waals surface area contributed by atoms with Crippen LogP contribution in [0.4, 0.5) is 10.5 Å². The maximum atomic E-state index is 13.1. The van der Waals surface area contributed by atoms with Crippen molar-refractivity contribution in [3.05, 3.63) is 64.6 Å². The molecule has 0 spiro atoms. The summed E-state index contributed by atoms with van der Waals surface area (Å²) in [7, 11) is 1.73. The number of nitrogens with zero attached hydrogens (tertiary/aromatic N) is 5. The first kappa shape index (κ1) is 31.4. The molecule has 7 rings (SSSR count). The highest BCUT2D eigenvalue weighted by Gasteiger charge is 2.35. The Morgan fingerprint density at radius 1 is 0.872 bits per heavy atom. The highest BCUT2D eigenvalue weighted by molar-refractivity contribution is 6.00. The monoisotopic (exact) mass is 644 g/mol. The van der Waals surface area contributed by atoms with Gasteiger partial charge in [0, 0.05) is 65.0 Å². The standard InChI is InChI=1S/C35H44N6O6/c1-37-31-21-26(7-8-29(31)41(34(37)44)30-9-10-32(42)36-33(30)43)39-13-11-27(12-14-39)47-28-19-25(20-28)22-38-15-17-40(18-16-38)35(45)46-23-24-5-3-2-4-6-24/h2-8,21,25,27-28,30H,9-20,22-23H2,1H3,(H,36,42,43). The zero-order chi connectivity index (χ0) is 32.5. The second kappa shape index (κ2) is 13.5. The van der Waals surface area contributed by atoms with Gasteiger partial charge in [-0.3, -0.25) is 28.9 Å². The fraction of sp³-hybridized carbons (Fsp3) is 0.543. The van der Waals surface area contributed by atoms with Crippen molar-refractivity contribution in [2.75, 3.05) is 50.7 Å². The van der Waals surface area contributed by atoms with Crippen molar-refractivity contribution in [3.63, 3.8) is 0 Å². The van der Waals surface area contributed by atoms with Crippen molar-refractivity contribution >= 4 is 34.6 Å². The van der Waals surface area contributed by atoms with E-state index in [1.54, 1.807) is 11.6 Å². The number of anilines is 1. The summed E-state index contributed by atoms with van der Waals surface area (Å²) in [6.07, 6.45) is 4.99. The summed E-state index contributed by atoms with van der Waals surface area (Å²) in [5, 5.41) is 2.37. The molecule has 1 N–H and O–H groups in total. The van der Waals surface area contributed by atoms with Crippen LogP contribution >= 0.6 is 0 Å². The van der Waals surface area contributed by atoms with Crippen molar-refractivity contribution in [1.29, 1.82) is 0 Å². The Morgan fingerprint density at radius 2 is 1.62 bits per heavy atom. The highest BCUT2D eigenvalue weighted by Crippen LogP contribution is 2.34. The third-order valence-electron chi connectivity index (χ3n) is 10.3. The van der Waals surface area contributed by atoms with Gasteiger partial charge < -0.3 is 19.3 Å². The fourth-order valence-corrected chi connectivity index (χ4v) is 7.52. The SMILES string of the molecule is Cn1c(=O)n(C2CCC(=O)NC2=O)c2ccc(N3CCC(OC4CC(CN5CCN(C(=O)OCc6ccccc6)CC5)C4)CC3)cc21. The van der Waals surface area contributed by atoms with Crippen LogP contribution in [0.5, 0.6) is 0 Å². The second-order valence-corrected chi connectivity index (χ2v) is 13.5. The molecular weight excluding hydrogens is 600 g/mol. The third-order valence-corrected chi connectivity index (χ3v) is 10.3. The van der Waals surface area contributed by atoms with Gasteiger partial charge in [-0.25, -0.2) is 9.59 Å². The molecule has 47 heavy (non-hydrogen) atoms. The first-order valence-electron chi connectivity index (χ1n) is 17.0. The average molecular weight is 645 g/mol. The molecule has 4 fully saturated rings. The number of imide groups is 1. The number of rotatable bonds is 8. The first-order chi connectivity index (χ1) is 22.8. The van der Waals surface area contributed by atoms with Crippen LogP contribution in [0.15, 0.2) is 53.3 Å². The summed E-state index contributed by atoms with van der Waals surface area (Å²) in [4.78, 5) is 56.4. The van der Waals surface area contributed by atoms with Crippen LogP contribution in [0.3, 0.4) is 0 Å². The van der Waals surface area contributed by atoms with Crippen molar-refractivity contribution in [1.82, 2.24) is 24.3 Å². The number of benzene rings is 2. The van der Waals surface area contributed by atoms with Crippen molar-refractivity contribution in [2.45, 2.75) is 63.4 Å². The van der Waals surface area contributed by atoms with Gasteiger partial charge >= 0.3 is 11.8 Å². The quantitative estimate of drug-likeness (QED) is 0.372. The molecule has 1 saturated carbocycles. The van der Waals surface area contributed by atoms with Gasteiger partial charge in [-0.1, -0.05) is 30.3 Å². The molecule has 0 radical (unpaired) electrons. The summed E-state index contributed by atoms with van der Waals surface area (Å²) in [6.45, 7) is 6.29. The van der Waals surface area contributed by atoms with Crippen molar-refractivity contribution in [3.8, 4) is 0 Å². The average Bonchev–Trinajstić information content (AvgIpc) is 3.32. The zero-order valence-electron chi connectivity index (χ0n) is 27.0. The smallest absolute Gasteiger partial charge is 0.410 e. The lowest BCUT2D eigenvalue weighted by Crippen LogP contribution is -2.51. The number of fused-ring (bicyclic) bond motifs is 1. The van der Waals surface area contributed by atoms with Gasteiger partial charge in [0.25, 0.3) is 0 Å². The summed E-state index contributed by atoms with van der Waals surface area (Å²) < 4.78 is 15.1. The molecule has 250 valence electrons. The largest absolute Gasteiger partial charge is 0.445 e. The van der Waals surface area contributed by atoms with Crippen molar-refractivity contribution in [2.24, 2.45) is 13.0 Å². The predicted octanol–water partition coefficient (Wildman–Crippen LogP) is 3.04. The number of hydrogen-bond acceptors (Lipinski definition) is 8. The van der Waals surface area contributed by atoms with Gasteiger partial charge in [-0.2, -0.15) is 0 Å². The van der Waals surface area contributed by atoms with E-state index in [4.69, 9.17) is 9.47 Å². The van der Waals surface area contributed by atoms with Gasteiger partial charge in [0.2, 0.25) is 11.8 Å². The molecule has 4 aliphatic rings. The molecule has 0 bridgehead atoms. The highest BCUT2D eigenvalue weighted by atomic mass is 16.6. The lowest BCUT2D eigenvalue weighted by molar-refractivity contribution is -0.135. The molecule has 2 aromatic carbocycles. The van der Waals surface area contributed by atoms with Crippen molar-refractivity contribution < 1.29 is 23.9 Å². The van der Waals surface area contributed by atoms with Crippen LogP contribution < -0.4 is 15.9 Å². The zero-order valence-corrected chi connectivity index (χ0v) is 27.0. The number of amides is 3. The van der Waals surface area contributed by atoms with E-state index < -0.39 is 11.9 Å². The number of imidazole rings is 1. The van der Waals surface area contributed by atoms with Crippen LogP contribution in [0, 0.1) is 5.92 Å². The van der Waals surface area contributed by atoms with Crippen LogP contribution in [-0.2, 0) is 32.7 Å². The lowest BCUT2D eigenvalue weighted by atomic mass is 9.81. The maximum absolute atomic E-state index is 13.1. The van der Waals surface area contributed by atoms with Crippen LogP contribution in [0.1, 0.15) is 50.1 Å². The first-order valence-corrected chi connectivity index (χ1v) is 17.0. The predicted molar refractivity (Wildman–Crippen MR) is 176 cm³/mol. The van der Waals surface area contributed by atoms with E-state index in [-0.39, 0.29) is 30.2 Å². The Labute approximate surface area is 274 Å². The number of carbonyl (C=O) groups is 3. The van der Waals surface area contributed by atoms with Gasteiger partial charge in [-0.05, 0) is 61.8 Å². The van der Waals surface area contributed by atoms with Gasteiger partial charge in [0.1, 0.15) is 12.6 Å². The number of piperidine rings is 2. The Kier molecular flexibility index (Phi) is 9.05. The minimum atomic E-state index is -0.680. The van der Waals surface area contributed by atoms with Crippen LogP contribution in [0.2, 0.25) is 0 Å². The summed E-state index contributed by atoms with van der Waals surface area (Å²) in [6, 6.07) is 15.1. The molecule has 1 unspecified atom stereocenters. The normalized spacial score (nSPS) is 24.3. The lowest BCUT2D eigenvalue weighted by Gasteiger charge is -2.43. The number of ether oxygens (including phenoxy) is 2. The summed E-state index contributed by atoms with van der Waals surface area (Å²) >= 11 is 0. The van der Waals surface area contributed by atoms with Gasteiger partial charge in [-0.15, -0.1) is 0 Å². The molecule has 3 aliphatic heterocycles. The number of nitrogens with one attached hydrogen (secondary N) is 1. The maximum Gasteiger partial charge on any atom is 0.410 e. The van der Waals surface area contributed by atoms with E-state index in [0.717, 1.165) is 75.2 Å². The molecule has 3 amide bonds. The molecule has 1 aliphatic carbocycles. The van der Waals surface area contributed by atoms with E-state index in [2.05, 4.69) is 15.1 Å². The molecule has 4 heterocycles. The van der Waals surface area contributed by atoms with E-state index in [1.807, 2.05) is 53.4 Å². The van der Waals surface area contributed by atoms with E-state index in [1.165, 1.54) is 4.57 Å². The molecule has 3 saturated heterocycles. The number of carbonyl (C=O) groups excluding carboxylic acids is 3. The Hall–Kier alpha value is -4.16. The molecule has 3 aromatic rings. The number of aryl methyl sites for hydroxylation is 1. The molecular formula is C35H44N6O6.